The van der Waals surface area contributed by atoms with Crippen LogP contribution in [0, 0.1) is 12.3 Å². The van der Waals surface area contributed by atoms with Gasteiger partial charge in [-0.1, -0.05) is 61.4 Å². The Bertz CT molecular complexity index is 835. The first-order valence-electron chi connectivity index (χ1n) is 8.41. The first-order valence-corrected chi connectivity index (χ1v) is 8.41. The number of amides is 2. The van der Waals surface area contributed by atoms with Gasteiger partial charge in [-0.25, -0.2) is 0 Å². The predicted octanol–water partition coefficient (Wildman–Crippen LogP) is 3.38. The standard InChI is InChI=1S/C22H22N2O2/c1-4-22(3,5-2)24-21(26)19(16-17-12-8-6-9-13-17)23-20(25)18-14-10-7-11-15-18/h1,6-16H,5H2,2-3H3,(H,23,25)(H,24,26). The SMILES string of the molecule is C#CC(C)(CC)NC(=O)C(=Cc1ccccc1)NC(=O)c1ccccc1. The molecular weight excluding hydrogens is 324 g/mol. The third-order valence-corrected chi connectivity index (χ3v) is 4.05. The zero-order valence-corrected chi connectivity index (χ0v) is 15.0. The molecule has 132 valence electrons. The summed E-state index contributed by atoms with van der Waals surface area (Å²) in [5.74, 6) is 1.80. The van der Waals surface area contributed by atoms with E-state index in [1.54, 1.807) is 37.3 Å². The summed E-state index contributed by atoms with van der Waals surface area (Å²) < 4.78 is 0. The Kier molecular flexibility index (Phi) is 6.35. The van der Waals surface area contributed by atoms with E-state index < -0.39 is 11.4 Å². The Labute approximate surface area is 154 Å². The van der Waals surface area contributed by atoms with E-state index in [1.807, 2.05) is 43.3 Å². The fourth-order valence-corrected chi connectivity index (χ4v) is 2.20. The van der Waals surface area contributed by atoms with Crippen molar-refractivity contribution in [2.75, 3.05) is 0 Å². The second-order valence-corrected chi connectivity index (χ2v) is 6.07. The molecule has 4 heteroatoms. The van der Waals surface area contributed by atoms with Gasteiger partial charge in [0.05, 0.1) is 5.54 Å². The van der Waals surface area contributed by atoms with Gasteiger partial charge in [0.2, 0.25) is 0 Å². The third-order valence-electron chi connectivity index (χ3n) is 4.05. The predicted molar refractivity (Wildman–Crippen MR) is 104 cm³/mol. The van der Waals surface area contributed by atoms with Crippen LogP contribution in [-0.2, 0) is 4.79 Å². The number of terminal acetylenes is 1. The molecule has 0 saturated carbocycles. The van der Waals surface area contributed by atoms with Crippen LogP contribution in [-0.4, -0.2) is 17.4 Å². The number of rotatable bonds is 6. The molecule has 0 aromatic heterocycles. The molecule has 0 spiro atoms. The highest BCUT2D eigenvalue weighted by Crippen LogP contribution is 2.11. The Morgan fingerprint density at radius 1 is 1.08 bits per heavy atom. The summed E-state index contributed by atoms with van der Waals surface area (Å²) >= 11 is 0. The molecule has 26 heavy (non-hydrogen) atoms. The molecule has 2 aromatic carbocycles. The second-order valence-electron chi connectivity index (χ2n) is 6.07. The van der Waals surface area contributed by atoms with Crippen molar-refractivity contribution in [3.8, 4) is 12.3 Å². The molecule has 4 nitrogen and oxygen atoms in total. The van der Waals surface area contributed by atoms with Gasteiger partial charge in [0.25, 0.3) is 11.8 Å². The van der Waals surface area contributed by atoms with Crippen molar-refractivity contribution >= 4 is 17.9 Å². The molecule has 0 saturated heterocycles. The minimum Gasteiger partial charge on any atom is -0.335 e. The van der Waals surface area contributed by atoms with Crippen LogP contribution >= 0.6 is 0 Å². The van der Waals surface area contributed by atoms with Gasteiger partial charge in [0.1, 0.15) is 5.70 Å². The van der Waals surface area contributed by atoms with Gasteiger partial charge in [-0.2, -0.15) is 0 Å². The number of benzene rings is 2. The van der Waals surface area contributed by atoms with E-state index in [4.69, 9.17) is 6.42 Å². The highest BCUT2D eigenvalue weighted by molar-refractivity contribution is 6.05. The summed E-state index contributed by atoms with van der Waals surface area (Å²) in [5, 5.41) is 5.51. The van der Waals surface area contributed by atoms with E-state index in [0.29, 0.717) is 12.0 Å². The van der Waals surface area contributed by atoms with Gasteiger partial charge in [0, 0.05) is 5.56 Å². The highest BCUT2D eigenvalue weighted by atomic mass is 16.2. The molecule has 0 bridgehead atoms. The van der Waals surface area contributed by atoms with Gasteiger partial charge in [0.15, 0.2) is 0 Å². The quantitative estimate of drug-likeness (QED) is 0.622. The molecule has 0 aliphatic heterocycles. The van der Waals surface area contributed by atoms with Gasteiger partial charge in [-0.15, -0.1) is 6.42 Å². The molecular formula is C22H22N2O2. The minimum absolute atomic E-state index is 0.139. The van der Waals surface area contributed by atoms with Gasteiger partial charge < -0.3 is 10.6 Å². The van der Waals surface area contributed by atoms with Crippen LogP contribution in [0.4, 0.5) is 0 Å². The number of nitrogens with one attached hydrogen (secondary N) is 2. The van der Waals surface area contributed by atoms with E-state index in [0.717, 1.165) is 5.56 Å². The monoisotopic (exact) mass is 346 g/mol. The van der Waals surface area contributed by atoms with Crippen molar-refractivity contribution in [2.45, 2.75) is 25.8 Å². The molecule has 2 aromatic rings. The van der Waals surface area contributed by atoms with Gasteiger partial charge >= 0.3 is 0 Å². The maximum absolute atomic E-state index is 12.8. The van der Waals surface area contributed by atoms with Crippen molar-refractivity contribution in [2.24, 2.45) is 0 Å². The lowest BCUT2D eigenvalue weighted by Crippen LogP contribution is -2.47. The summed E-state index contributed by atoms with van der Waals surface area (Å²) in [6, 6.07) is 18.0. The molecule has 0 heterocycles. The first-order chi connectivity index (χ1) is 12.5. The molecule has 1 unspecified atom stereocenters. The van der Waals surface area contributed by atoms with E-state index >= 15 is 0 Å². The lowest BCUT2D eigenvalue weighted by atomic mass is 10.00. The van der Waals surface area contributed by atoms with Crippen LogP contribution in [0.1, 0.15) is 36.2 Å². The van der Waals surface area contributed by atoms with Crippen molar-refractivity contribution in [3.63, 3.8) is 0 Å². The van der Waals surface area contributed by atoms with Crippen LogP contribution in [0.15, 0.2) is 66.4 Å². The fourth-order valence-electron chi connectivity index (χ4n) is 2.20. The maximum Gasteiger partial charge on any atom is 0.268 e. The molecule has 2 N–H and O–H groups in total. The van der Waals surface area contributed by atoms with Gasteiger partial charge in [-0.05, 0) is 37.1 Å². The molecule has 2 rings (SSSR count). The van der Waals surface area contributed by atoms with Gasteiger partial charge in [-0.3, -0.25) is 9.59 Å². The van der Waals surface area contributed by atoms with Crippen LogP contribution in [0.25, 0.3) is 6.08 Å². The van der Waals surface area contributed by atoms with E-state index in [1.165, 1.54) is 0 Å². The summed E-state index contributed by atoms with van der Waals surface area (Å²) in [4.78, 5) is 25.2. The number of hydrogen-bond donors (Lipinski definition) is 2. The highest BCUT2D eigenvalue weighted by Gasteiger charge is 2.24. The maximum atomic E-state index is 12.8. The number of carbonyl (C=O) groups is 2. The fraction of sp³-hybridized carbons (Fsp3) is 0.182. The Morgan fingerprint density at radius 2 is 1.65 bits per heavy atom. The second kappa shape index (κ2) is 8.68. The van der Waals surface area contributed by atoms with Crippen molar-refractivity contribution < 1.29 is 9.59 Å². The lowest BCUT2D eigenvalue weighted by molar-refractivity contribution is -0.118. The Morgan fingerprint density at radius 3 is 2.19 bits per heavy atom. The largest absolute Gasteiger partial charge is 0.335 e. The zero-order valence-electron chi connectivity index (χ0n) is 15.0. The van der Waals surface area contributed by atoms with Crippen molar-refractivity contribution in [1.29, 1.82) is 0 Å². The first kappa shape index (κ1) is 19.0. The molecule has 0 aliphatic carbocycles. The minimum atomic E-state index is -0.787. The molecule has 1 atom stereocenters. The van der Waals surface area contributed by atoms with Crippen LogP contribution in [0.3, 0.4) is 0 Å². The van der Waals surface area contributed by atoms with Crippen molar-refractivity contribution in [3.05, 3.63) is 77.5 Å². The number of carbonyl (C=O) groups excluding carboxylic acids is 2. The summed E-state index contributed by atoms with van der Waals surface area (Å²) in [6.07, 6.45) is 7.74. The summed E-state index contributed by atoms with van der Waals surface area (Å²) in [6.45, 7) is 3.66. The van der Waals surface area contributed by atoms with Crippen molar-refractivity contribution in [1.82, 2.24) is 10.6 Å². The summed E-state index contributed by atoms with van der Waals surface area (Å²) in [5.41, 5.74) is 0.615. The third kappa shape index (κ3) is 5.09. The molecule has 0 aliphatic rings. The molecule has 2 amide bonds. The van der Waals surface area contributed by atoms with E-state index in [9.17, 15) is 9.59 Å². The topological polar surface area (TPSA) is 58.2 Å². The van der Waals surface area contributed by atoms with Crippen LogP contribution in [0.2, 0.25) is 0 Å². The molecule has 0 fully saturated rings. The van der Waals surface area contributed by atoms with E-state index in [-0.39, 0.29) is 11.6 Å². The lowest BCUT2D eigenvalue weighted by Gasteiger charge is -2.24. The normalized spacial score (nSPS) is 13.2. The summed E-state index contributed by atoms with van der Waals surface area (Å²) in [7, 11) is 0. The smallest absolute Gasteiger partial charge is 0.268 e. The molecule has 0 radical (unpaired) electrons. The average molecular weight is 346 g/mol. The average Bonchev–Trinajstić information content (AvgIpc) is 2.68. The zero-order chi connectivity index (χ0) is 19.0. The van der Waals surface area contributed by atoms with Crippen LogP contribution in [0.5, 0.6) is 0 Å². The Balaban J connectivity index is 2.31. The Hall–Kier alpha value is -3.32. The number of hydrogen-bond acceptors (Lipinski definition) is 2. The van der Waals surface area contributed by atoms with Crippen LogP contribution < -0.4 is 10.6 Å². The van der Waals surface area contributed by atoms with E-state index in [2.05, 4.69) is 16.6 Å².